The lowest BCUT2D eigenvalue weighted by atomic mass is 10.1. The van der Waals surface area contributed by atoms with E-state index in [4.69, 9.17) is 23.2 Å². The molecule has 1 N–H and O–H groups in total. The van der Waals surface area contributed by atoms with Crippen LogP contribution >= 0.6 is 35.0 Å². The molecule has 0 radical (unpaired) electrons. The number of nitrogens with zero attached hydrogens (tertiary/aromatic N) is 1. The summed E-state index contributed by atoms with van der Waals surface area (Å²) < 4.78 is 0. The molecule has 0 aliphatic carbocycles. The number of hydrogen-bond acceptors (Lipinski definition) is 4. The van der Waals surface area contributed by atoms with Crippen LogP contribution in [0.1, 0.15) is 18.6 Å². The first-order valence-electron chi connectivity index (χ1n) is 5.98. The van der Waals surface area contributed by atoms with Crippen molar-refractivity contribution in [1.82, 2.24) is 0 Å². The van der Waals surface area contributed by atoms with Crippen LogP contribution in [0.25, 0.3) is 0 Å². The monoisotopic (exact) mass is 343 g/mol. The van der Waals surface area contributed by atoms with E-state index >= 15 is 0 Å². The Morgan fingerprint density at radius 2 is 1.90 bits per heavy atom. The van der Waals surface area contributed by atoms with Crippen molar-refractivity contribution in [3.63, 3.8) is 0 Å². The van der Waals surface area contributed by atoms with Gasteiger partial charge in [-0.2, -0.15) is 0 Å². The summed E-state index contributed by atoms with van der Waals surface area (Å²) in [5.74, 6) is 0. The van der Waals surface area contributed by atoms with Gasteiger partial charge in [-0.05, 0) is 36.8 Å². The highest BCUT2D eigenvalue weighted by atomic mass is 35.5. The van der Waals surface area contributed by atoms with Crippen LogP contribution in [0.5, 0.6) is 0 Å². The quantitative estimate of drug-likeness (QED) is 0.619. The highest BCUT2D eigenvalue weighted by Gasteiger charge is 2.18. The fourth-order valence-corrected chi connectivity index (χ4v) is 3.13. The molecule has 7 heteroatoms. The molecule has 0 aliphatic rings. The second kappa shape index (κ2) is 6.66. The average Bonchev–Trinajstić information content (AvgIpc) is 2.42. The van der Waals surface area contributed by atoms with Crippen molar-refractivity contribution in [3.05, 3.63) is 62.1 Å². The summed E-state index contributed by atoms with van der Waals surface area (Å²) in [4.78, 5) is 11.8. The third-order valence-corrected chi connectivity index (χ3v) is 4.57. The number of halogens is 2. The van der Waals surface area contributed by atoms with Crippen LogP contribution in [-0.2, 0) is 0 Å². The van der Waals surface area contributed by atoms with Gasteiger partial charge in [0, 0.05) is 16.0 Å². The zero-order chi connectivity index (χ0) is 15.6. The van der Waals surface area contributed by atoms with Crippen molar-refractivity contribution in [2.24, 2.45) is 0 Å². The molecular weight excluding hydrogens is 333 g/mol. The van der Waals surface area contributed by atoms with Gasteiger partial charge in [0.1, 0.15) is 0 Å². The number of nitro benzene ring substituents is 1. The second-order valence-electron chi connectivity index (χ2n) is 4.34. The molecule has 0 bridgehead atoms. The minimum atomic E-state index is -0.766. The van der Waals surface area contributed by atoms with Gasteiger partial charge in [0.05, 0.1) is 20.9 Å². The molecule has 0 saturated carbocycles. The summed E-state index contributed by atoms with van der Waals surface area (Å²) in [5, 5.41) is 21.7. The zero-order valence-electron chi connectivity index (χ0n) is 10.9. The van der Waals surface area contributed by atoms with E-state index in [0.717, 1.165) is 11.8 Å². The number of rotatable bonds is 4. The van der Waals surface area contributed by atoms with E-state index in [2.05, 4.69) is 0 Å². The van der Waals surface area contributed by atoms with Gasteiger partial charge < -0.3 is 5.11 Å². The first kappa shape index (κ1) is 16.1. The maximum atomic E-state index is 11.2. The Morgan fingerprint density at radius 3 is 2.52 bits per heavy atom. The van der Waals surface area contributed by atoms with Gasteiger partial charge in [0.2, 0.25) is 0 Å². The average molecular weight is 344 g/mol. The van der Waals surface area contributed by atoms with Crippen molar-refractivity contribution in [1.29, 1.82) is 0 Å². The van der Waals surface area contributed by atoms with Crippen LogP contribution in [0.4, 0.5) is 5.69 Å². The molecule has 0 spiro atoms. The zero-order valence-corrected chi connectivity index (χ0v) is 13.2. The fourth-order valence-electron chi connectivity index (χ4n) is 1.70. The van der Waals surface area contributed by atoms with Gasteiger partial charge >= 0.3 is 0 Å². The Labute approximate surface area is 135 Å². The highest BCUT2D eigenvalue weighted by molar-refractivity contribution is 7.99. The van der Waals surface area contributed by atoms with Crippen LogP contribution in [0.15, 0.2) is 46.2 Å². The van der Waals surface area contributed by atoms with Gasteiger partial charge in [-0.3, -0.25) is 10.1 Å². The third-order valence-electron chi connectivity index (χ3n) is 2.78. The largest absolute Gasteiger partial charge is 0.389 e. The highest BCUT2D eigenvalue weighted by Crippen LogP contribution is 2.40. The van der Waals surface area contributed by atoms with E-state index in [1.165, 1.54) is 6.07 Å². The van der Waals surface area contributed by atoms with E-state index < -0.39 is 11.0 Å². The molecule has 21 heavy (non-hydrogen) atoms. The van der Waals surface area contributed by atoms with Gasteiger partial charge in [0.25, 0.3) is 5.69 Å². The van der Waals surface area contributed by atoms with Crippen LogP contribution < -0.4 is 0 Å². The Bertz CT molecular complexity index is 692. The number of hydrogen-bond donors (Lipinski definition) is 1. The van der Waals surface area contributed by atoms with Crippen LogP contribution in [0, 0.1) is 10.1 Å². The lowest BCUT2D eigenvalue weighted by molar-refractivity contribution is -0.387. The van der Waals surface area contributed by atoms with Crippen molar-refractivity contribution >= 4 is 40.7 Å². The van der Waals surface area contributed by atoms with Crippen molar-refractivity contribution in [2.75, 3.05) is 0 Å². The molecule has 2 rings (SSSR count). The summed E-state index contributed by atoms with van der Waals surface area (Å²) in [6, 6.07) is 9.56. The van der Waals surface area contributed by atoms with Crippen LogP contribution in [0.2, 0.25) is 10.0 Å². The molecule has 0 amide bonds. The Morgan fingerprint density at radius 1 is 1.19 bits per heavy atom. The molecule has 1 atom stereocenters. The lowest BCUT2D eigenvalue weighted by Gasteiger charge is -2.09. The van der Waals surface area contributed by atoms with Crippen molar-refractivity contribution in [3.8, 4) is 0 Å². The molecule has 0 unspecified atom stereocenters. The molecule has 2 aromatic carbocycles. The van der Waals surface area contributed by atoms with Crippen LogP contribution in [0.3, 0.4) is 0 Å². The molecule has 0 aromatic heterocycles. The van der Waals surface area contributed by atoms with Gasteiger partial charge in [-0.15, -0.1) is 0 Å². The van der Waals surface area contributed by atoms with Crippen LogP contribution in [-0.4, -0.2) is 10.0 Å². The molecule has 110 valence electrons. The standard InChI is InChI=1S/C14H11Cl2NO3S/c1-8(18)9-2-5-13(12(6-9)17(19)20)21-14-7-10(15)3-4-11(14)16/h2-8,18H,1H3/t8-/m1/s1. The summed E-state index contributed by atoms with van der Waals surface area (Å²) in [6.07, 6.45) is -0.766. The van der Waals surface area contributed by atoms with E-state index in [-0.39, 0.29) is 5.69 Å². The van der Waals surface area contributed by atoms with E-state index in [1.54, 1.807) is 37.3 Å². The number of aliphatic hydroxyl groups is 1. The molecule has 0 aliphatic heterocycles. The summed E-state index contributed by atoms with van der Waals surface area (Å²) in [6.45, 7) is 1.56. The van der Waals surface area contributed by atoms with Gasteiger partial charge in [-0.25, -0.2) is 0 Å². The first-order chi connectivity index (χ1) is 9.88. The maximum Gasteiger partial charge on any atom is 0.283 e. The normalized spacial score (nSPS) is 12.2. The fraction of sp³-hybridized carbons (Fsp3) is 0.143. The molecule has 0 fully saturated rings. The smallest absolute Gasteiger partial charge is 0.283 e. The predicted octanol–water partition coefficient (Wildman–Crippen LogP) is 5.11. The van der Waals surface area contributed by atoms with Gasteiger partial charge in [-0.1, -0.05) is 41.0 Å². The predicted molar refractivity (Wildman–Crippen MR) is 84.3 cm³/mol. The SMILES string of the molecule is C[C@@H](O)c1ccc(Sc2cc(Cl)ccc2Cl)c([N+](=O)[O-])c1. The summed E-state index contributed by atoms with van der Waals surface area (Å²) in [5.41, 5.74) is 0.415. The molecule has 0 saturated heterocycles. The number of benzene rings is 2. The Hall–Kier alpha value is -1.27. The topological polar surface area (TPSA) is 63.4 Å². The second-order valence-corrected chi connectivity index (χ2v) is 6.26. The molecule has 0 heterocycles. The Kier molecular flexibility index (Phi) is 5.11. The van der Waals surface area contributed by atoms with E-state index in [1.807, 2.05) is 0 Å². The minimum Gasteiger partial charge on any atom is -0.389 e. The van der Waals surface area contributed by atoms with Crippen molar-refractivity contribution in [2.45, 2.75) is 22.8 Å². The van der Waals surface area contributed by atoms with Crippen molar-refractivity contribution < 1.29 is 10.0 Å². The number of aliphatic hydroxyl groups excluding tert-OH is 1. The Balaban J connectivity index is 2.44. The number of nitro groups is 1. The first-order valence-corrected chi connectivity index (χ1v) is 7.55. The maximum absolute atomic E-state index is 11.2. The molecular formula is C14H11Cl2NO3S. The molecule has 4 nitrogen and oxygen atoms in total. The summed E-state index contributed by atoms with van der Waals surface area (Å²) in [7, 11) is 0. The van der Waals surface area contributed by atoms with Gasteiger partial charge in [0.15, 0.2) is 0 Å². The summed E-state index contributed by atoms with van der Waals surface area (Å²) >= 11 is 13.1. The van der Waals surface area contributed by atoms with E-state index in [0.29, 0.717) is 25.4 Å². The third kappa shape index (κ3) is 3.89. The minimum absolute atomic E-state index is 0.0746. The van der Waals surface area contributed by atoms with E-state index in [9.17, 15) is 15.2 Å². The molecule has 2 aromatic rings. The lowest BCUT2D eigenvalue weighted by Crippen LogP contribution is -1.96.